The van der Waals surface area contributed by atoms with Crippen molar-refractivity contribution in [1.82, 2.24) is 0 Å². The van der Waals surface area contributed by atoms with Gasteiger partial charge in [-0.15, -0.1) is 0 Å². The quantitative estimate of drug-likeness (QED) is 0.690. The third-order valence-electron chi connectivity index (χ3n) is 2.42. The molecule has 0 aliphatic rings. The van der Waals surface area contributed by atoms with Crippen LogP contribution in [0.2, 0.25) is 0 Å². The van der Waals surface area contributed by atoms with Gasteiger partial charge in [0, 0.05) is 11.3 Å². The van der Waals surface area contributed by atoms with Gasteiger partial charge in [-0.25, -0.2) is 8.42 Å². The fourth-order valence-electron chi connectivity index (χ4n) is 1.64. The van der Waals surface area contributed by atoms with Crippen LogP contribution in [0.5, 0.6) is 5.75 Å². The Morgan fingerprint density at radius 1 is 1.29 bits per heavy atom. The molecule has 0 radical (unpaired) electrons. The summed E-state index contributed by atoms with van der Waals surface area (Å²) in [6.45, 7) is 3.66. The van der Waals surface area contributed by atoms with E-state index < -0.39 is 21.7 Å². The van der Waals surface area contributed by atoms with Gasteiger partial charge >= 0.3 is 5.97 Å². The lowest BCUT2D eigenvalue weighted by Gasteiger charge is -2.12. The molecule has 0 spiro atoms. The third-order valence-corrected chi connectivity index (χ3v) is 3.58. The van der Waals surface area contributed by atoms with E-state index in [1.54, 1.807) is 19.9 Å². The number of hydrogen-bond donors (Lipinski definition) is 2. The van der Waals surface area contributed by atoms with E-state index in [1.165, 1.54) is 12.1 Å². The Morgan fingerprint density at radius 3 is 2.57 bits per heavy atom. The van der Waals surface area contributed by atoms with E-state index in [1.807, 2.05) is 0 Å². The average Bonchev–Trinajstić information content (AvgIpc) is 2.39. The Hall–Kier alpha value is -1.80. The summed E-state index contributed by atoms with van der Waals surface area (Å²) in [6.07, 6.45) is 0. The van der Waals surface area contributed by atoms with Gasteiger partial charge in [-0.1, -0.05) is 0 Å². The Bertz CT molecular complexity index is 584. The Morgan fingerprint density at radius 2 is 2.00 bits per heavy atom. The van der Waals surface area contributed by atoms with Crippen LogP contribution >= 0.6 is 0 Å². The van der Waals surface area contributed by atoms with Crippen LogP contribution in [0.3, 0.4) is 0 Å². The summed E-state index contributed by atoms with van der Waals surface area (Å²) in [5.74, 6) is -1.10. The van der Waals surface area contributed by atoms with E-state index >= 15 is 0 Å². The number of anilines is 1. The summed E-state index contributed by atoms with van der Waals surface area (Å²) >= 11 is 0. The molecule has 0 aliphatic carbocycles. The molecular weight excluding hydrogens is 298 g/mol. The predicted octanol–water partition coefficient (Wildman–Crippen LogP) is 0.882. The average molecular weight is 317 g/mol. The highest BCUT2D eigenvalue weighted by Crippen LogP contribution is 2.23. The molecule has 0 saturated heterocycles. The van der Waals surface area contributed by atoms with Gasteiger partial charge in [-0.2, -0.15) is 0 Å². The molecule has 1 aromatic rings. The number of nitrogens with one attached hydrogen (secondary N) is 1. The van der Waals surface area contributed by atoms with Crippen molar-refractivity contribution in [3.05, 3.63) is 23.8 Å². The van der Waals surface area contributed by atoms with Crippen molar-refractivity contribution in [3.8, 4) is 5.75 Å². The van der Waals surface area contributed by atoms with Crippen LogP contribution in [0.15, 0.2) is 18.2 Å². The standard InChI is InChI=1S/C13H19NO6S/c1-3-19-12-6-5-11(7-10(12)8-15)14-21(17,18)9-13(16)20-4-2/h5-7,14-15H,3-4,8-9H2,1-2H3. The summed E-state index contributed by atoms with van der Waals surface area (Å²) in [6, 6.07) is 4.50. The maximum atomic E-state index is 11.8. The Balaban J connectivity index is 2.85. The molecule has 0 saturated carbocycles. The molecule has 21 heavy (non-hydrogen) atoms. The Labute approximate surface area is 123 Å². The maximum absolute atomic E-state index is 11.8. The largest absolute Gasteiger partial charge is 0.494 e. The highest BCUT2D eigenvalue weighted by molar-refractivity contribution is 7.93. The minimum Gasteiger partial charge on any atom is -0.494 e. The molecule has 0 heterocycles. The van der Waals surface area contributed by atoms with Gasteiger partial charge < -0.3 is 14.6 Å². The van der Waals surface area contributed by atoms with Gasteiger partial charge in [-0.3, -0.25) is 9.52 Å². The number of sulfonamides is 1. The number of rotatable bonds is 8. The molecule has 0 atom stereocenters. The number of hydrogen-bond acceptors (Lipinski definition) is 6. The first-order valence-electron chi connectivity index (χ1n) is 6.44. The van der Waals surface area contributed by atoms with Crippen LogP contribution in [-0.4, -0.2) is 38.5 Å². The number of aliphatic hydroxyl groups excluding tert-OH is 1. The van der Waals surface area contributed by atoms with Crippen LogP contribution in [0.1, 0.15) is 19.4 Å². The second-order valence-corrected chi connectivity index (χ2v) is 5.80. The van der Waals surface area contributed by atoms with Gasteiger partial charge in [-0.05, 0) is 32.0 Å². The molecule has 0 bridgehead atoms. The summed E-state index contributed by atoms with van der Waals surface area (Å²) < 4.78 is 35.7. The number of ether oxygens (including phenoxy) is 2. The van der Waals surface area contributed by atoms with E-state index in [0.717, 1.165) is 0 Å². The zero-order valence-electron chi connectivity index (χ0n) is 12.0. The zero-order valence-corrected chi connectivity index (χ0v) is 12.8. The van der Waals surface area contributed by atoms with Crippen molar-refractivity contribution >= 4 is 21.7 Å². The molecule has 1 aromatic carbocycles. The first kappa shape index (κ1) is 17.3. The third kappa shape index (κ3) is 5.60. The molecule has 2 N–H and O–H groups in total. The van der Waals surface area contributed by atoms with E-state index in [4.69, 9.17) is 4.74 Å². The lowest BCUT2D eigenvalue weighted by molar-refractivity contribution is -0.139. The smallest absolute Gasteiger partial charge is 0.323 e. The highest BCUT2D eigenvalue weighted by Gasteiger charge is 2.18. The van der Waals surface area contributed by atoms with Crippen molar-refractivity contribution in [1.29, 1.82) is 0 Å². The summed E-state index contributed by atoms with van der Waals surface area (Å²) in [4.78, 5) is 11.2. The van der Waals surface area contributed by atoms with Crippen molar-refractivity contribution in [2.75, 3.05) is 23.7 Å². The van der Waals surface area contributed by atoms with Crippen LogP contribution in [0.4, 0.5) is 5.69 Å². The van der Waals surface area contributed by atoms with Crippen LogP contribution in [-0.2, 0) is 26.2 Å². The molecule has 118 valence electrons. The second kappa shape index (κ2) is 7.84. The minimum atomic E-state index is -3.85. The summed E-state index contributed by atoms with van der Waals surface area (Å²) in [7, 11) is -3.85. The van der Waals surface area contributed by atoms with E-state index in [2.05, 4.69) is 9.46 Å². The molecule has 8 heteroatoms. The van der Waals surface area contributed by atoms with Crippen molar-refractivity contribution < 1.29 is 27.8 Å². The summed E-state index contributed by atoms with van der Waals surface area (Å²) in [5, 5.41) is 9.25. The van der Waals surface area contributed by atoms with Gasteiger partial charge in [0.25, 0.3) is 0 Å². The topological polar surface area (TPSA) is 102 Å². The molecular formula is C13H19NO6S. The second-order valence-electron chi connectivity index (χ2n) is 4.08. The van der Waals surface area contributed by atoms with Crippen molar-refractivity contribution in [2.45, 2.75) is 20.5 Å². The minimum absolute atomic E-state index is 0.117. The molecule has 0 unspecified atom stereocenters. The fraction of sp³-hybridized carbons (Fsp3) is 0.462. The highest BCUT2D eigenvalue weighted by atomic mass is 32.2. The van der Waals surface area contributed by atoms with Crippen LogP contribution in [0, 0.1) is 0 Å². The normalized spacial score (nSPS) is 11.0. The number of esters is 1. The van der Waals surface area contributed by atoms with Gasteiger partial charge in [0.2, 0.25) is 10.0 Å². The zero-order chi connectivity index (χ0) is 15.9. The lowest BCUT2D eigenvalue weighted by Crippen LogP contribution is -2.24. The first-order chi connectivity index (χ1) is 9.91. The number of carbonyl (C=O) groups excluding carboxylic acids is 1. The molecule has 0 fully saturated rings. The molecule has 7 nitrogen and oxygen atoms in total. The van der Waals surface area contributed by atoms with Gasteiger partial charge in [0.05, 0.1) is 19.8 Å². The van der Waals surface area contributed by atoms with Crippen LogP contribution < -0.4 is 9.46 Å². The van der Waals surface area contributed by atoms with Gasteiger partial charge in [0.1, 0.15) is 5.75 Å². The molecule has 0 aliphatic heterocycles. The summed E-state index contributed by atoms with van der Waals surface area (Å²) in [5.41, 5.74) is 0.694. The van der Waals surface area contributed by atoms with Gasteiger partial charge in [0.15, 0.2) is 5.75 Å². The molecule has 0 amide bonds. The number of carbonyl (C=O) groups is 1. The van der Waals surface area contributed by atoms with E-state index in [9.17, 15) is 18.3 Å². The Kier molecular flexibility index (Phi) is 6.44. The monoisotopic (exact) mass is 317 g/mol. The van der Waals surface area contributed by atoms with Crippen molar-refractivity contribution in [3.63, 3.8) is 0 Å². The van der Waals surface area contributed by atoms with E-state index in [0.29, 0.717) is 17.9 Å². The van der Waals surface area contributed by atoms with E-state index in [-0.39, 0.29) is 18.9 Å². The fourth-order valence-corrected chi connectivity index (χ4v) is 2.59. The first-order valence-corrected chi connectivity index (χ1v) is 8.09. The lowest BCUT2D eigenvalue weighted by atomic mass is 10.2. The SMILES string of the molecule is CCOC(=O)CS(=O)(=O)Nc1ccc(OCC)c(CO)c1. The molecule has 0 aromatic heterocycles. The molecule has 1 rings (SSSR count). The number of aliphatic hydroxyl groups is 1. The maximum Gasteiger partial charge on any atom is 0.323 e. The van der Waals surface area contributed by atoms with Crippen LogP contribution in [0.25, 0.3) is 0 Å². The predicted molar refractivity (Wildman–Crippen MR) is 77.6 cm³/mol. The van der Waals surface area contributed by atoms with Crippen molar-refractivity contribution in [2.24, 2.45) is 0 Å². The number of benzene rings is 1.